The molecule has 1 aliphatic rings. The first-order valence-corrected chi connectivity index (χ1v) is 7.33. The lowest BCUT2D eigenvalue weighted by molar-refractivity contribution is -0.135. The third-order valence-corrected chi connectivity index (χ3v) is 3.90. The average Bonchev–Trinajstić information content (AvgIpc) is 2.53. The van der Waals surface area contributed by atoms with E-state index in [0.717, 1.165) is 12.8 Å². The van der Waals surface area contributed by atoms with Gasteiger partial charge in [0, 0.05) is 13.1 Å². The SMILES string of the molecule is COc1cccc(C(=O)OCC(=O)N2CCC(C)CC2)c1O. The Bertz CT molecular complexity index is 549. The molecule has 1 fully saturated rings. The fourth-order valence-corrected chi connectivity index (χ4v) is 2.41. The van der Waals surface area contributed by atoms with Crippen LogP contribution in [0, 0.1) is 5.92 Å². The molecule has 1 amide bonds. The van der Waals surface area contributed by atoms with Gasteiger partial charge in [0.05, 0.1) is 7.11 Å². The van der Waals surface area contributed by atoms with E-state index in [4.69, 9.17) is 9.47 Å². The summed E-state index contributed by atoms with van der Waals surface area (Å²) in [4.78, 5) is 25.7. The lowest BCUT2D eigenvalue weighted by atomic mass is 9.99. The molecule has 6 nitrogen and oxygen atoms in total. The zero-order valence-corrected chi connectivity index (χ0v) is 12.9. The number of aromatic hydroxyl groups is 1. The molecule has 0 spiro atoms. The number of carbonyl (C=O) groups excluding carboxylic acids is 2. The van der Waals surface area contributed by atoms with E-state index in [-0.39, 0.29) is 29.6 Å². The first-order valence-electron chi connectivity index (χ1n) is 7.33. The highest BCUT2D eigenvalue weighted by atomic mass is 16.5. The summed E-state index contributed by atoms with van der Waals surface area (Å²) < 4.78 is 9.94. The van der Waals surface area contributed by atoms with Crippen LogP contribution in [-0.2, 0) is 9.53 Å². The molecular formula is C16H21NO5. The standard InChI is InChI=1S/C16H21NO5/c1-11-6-8-17(9-7-11)14(18)10-22-16(20)12-4-3-5-13(21-2)15(12)19/h3-5,11,19H,6-10H2,1-2H3. The maximum atomic E-state index is 12.0. The van der Waals surface area contributed by atoms with E-state index < -0.39 is 5.97 Å². The second kappa shape index (κ2) is 7.15. The molecule has 0 saturated carbocycles. The van der Waals surface area contributed by atoms with Crippen molar-refractivity contribution in [1.82, 2.24) is 4.90 Å². The van der Waals surface area contributed by atoms with Crippen molar-refractivity contribution in [2.45, 2.75) is 19.8 Å². The minimum atomic E-state index is -0.741. The summed E-state index contributed by atoms with van der Waals surface area (Å²) in [6, 6.07) is 4.53. The number of carbonyl (C=O) groups is 2. The second-order valence-corrected chi connectivity index (χ2v) is 5.50. The van der Waals surface area contributed by atoms with Gasteiger partial charge in [-0.25, -0.2) is 4.79 Å². The van der Waals surface area contributed by atoms with Gasteiger partial charge in [0.15, 0.2) is 18.1 Å². The van der Waals surface area contributed by atoms with Crippen LogP contribution in [0.25, 0.3) is 0 Å². The number of phenols is 1. The molecule has 2 rings (SSSR count). The molecule has 6 heteroatoms. The van der Waals surface area contributed by atoms with Crippen LogP contribution in [0.3, 0.4) is 0 Å². The molecule has 1 heterocycles. The molecule has 1 N–H and O–H groups in total. The molecule has 1 aromatic rings. The number of phenolic OH excluding ortho intramolecular Hbond substituents is 1. The van der Waals surface area contributed by atoms with Gasteiger partial charge in [0.1, 0.15) is 5.56 Å². The van der Waals surface area contributed by atoms with Crippen molar-refractivity contribution >= 4 is 11.9 Å². The number of rotatable bonds is 4. The van der Waals surface area contributed by atoms with Gasteiger partial charge in [-0.05, 0) is 30.9 Å². The maximum Gasteiger partial charge on any atom is 0.342 e. The molecular weight excluding hydrogens is 286 g/mol. The van der Waals surface area contributed by atoms with Crippen LogP contribution in [0.4, 0.5) is 0 Å². The van der Waals surface area contributed by atoms with Gasteiger partial charge in [0.25, 0.3) is 5.91 Å². The maximum absolute atomic E-state index is 12.0. The molecule has 1 aromatic carbocycles. The van der Waals surface area contributed by atoms with Crippen LogP contribution in [0.2, 0.25) is 0 Å². The fraction of sp³-hybridized carbons (Fsp3) is 0.500. The molecule has 0 atom stereocenters. The quantitative estimate of drug-likeness (QED) is 0.859. The van der Waals surface area contributed by atoms with Gasteiger partial charge in [0.2, 0.25) is 0 Å². The first-order chi connectivity index (χ1) is 10.5. The van der Waals surface area contributed by atoms with Crippen molar-refractivity contribution in [1.29, 1.82) is 0 Å². The van der Waals surface area contributed by atoms with E-state index in [1.165, 1.54) is 19.2 Å². The van der Waals surface area contributed by atoms with Crippen LogP contribution in [0.5, 0.6) is 11.5 Å². The molecule has 1 aliphatic heterocycles. The highest BCUT2D eigenvalue weighted by molar-refractivity contribution is 5.94. The van der Waals surface area contributed by atoms with Crippen molar-refractivity contribution in [2.75, 3.05) is 26.8 Å². The summed E-state index contributed by atoms with van der Waals surface area (Å²) in [7, 11) is 1.39. The average molecular weight is 307 g/mol. The molecule has 120 valence electrons. The number of methoxy groups -OCH3 is 1. The van der Waals surface area contributed by atoms with Crippen LogP contribution in [-0.4, -0.2) is 48.7 Å². The van der Waals surface area contributed by atoms with Crippen LogP contribution < -0.4 is 4.74 Å². The van der Waals surface area contributed by atoms with Gasteiger partial charge < -0.3 is 19.5 Å². The minimum Gasteiger partial charge on any atom is -0.504 e. The van der Waals surface area contributed by atoms with Crippen molar-refractivity contribution in [3.63, 3.8) is 0 Å². The van der Waals surface area contributed by atoms with Crippen molar-refractivity contribution in [3.8, 4) is 11.5 Å². The Kier molecular flexibility index (Phi) is 5.25. The zero-order chi connectivity index (χ0) is 16.1. The van der Waals surface area contributed by atoms with E-state index in [0.29, 0.717) is 19.0 Å². The van der Waals surface area contributed by atoms with E-state index in [2.05, 4.69) is 6.92 Å². The van der Waals surface area contributed by atoms with Crippen LogP contribution in [0.1, 0.15) is 30.1 Å². The monoisotopic (exact) mass is 307 g/mol. The number of esters is 1. The fourth-order valence-electron chi connectivity index (χ4n) is 2.41. The number of likely N-dealkylation sites (tertiary alicyclic amines) is 1. The zero-order valence-electron chi connectivity index (χ0n) is 12.9. The third-order valence-electron chi connectivity index (χ3n) is 3.90. The van der Waals surface area contributed by atoms with Crippen LogP contribution >= 0.6 is 0 Å². The highest BCUT2D eigenvalue weighted by Gasteiger charge is 2.22. The Morgan fingerprint density at radius 2 is 2.00 bits per heavy atom. The molecule has 22 heavy (non-hydrogen) atoms. The summed E-state index contributed by atoms with van der Waals surface area (Å²) in [6.45, 7) is 3.24. The summed E-state index contributed by atoms with van der Waals surface area (Å²) in [6.07, 6.45) is 1.94. The highest BCUT2D eigenvalue weighted by Crippen LogP contribution is 2.29. The third kappa shape index (κ3) is 3.69. The van der Waals surface area contributed by atoms with E-state index in [1.54, 1.807) is 11.0 Å². The van der Waals surface area contributed by atoms with Crippen molar-refractivity contribution in [3.05, 3.63) is 23.8 Å². The molecule has 0 aliphatic carbocycles. The summed E-state index contributed by atoms with van der Waals surface area (Å²) in [5, 5.41) is 9.88. The summed E-state index contributed by atoms with van der Waals surface area (Å²) in [5.41, 5.74) is -0.0144. The summed E-state index contributed by atoms with van der Waals surface area (Å²) >= 11 is 0. The number of ether oxygens (including phenoxy) is 2. The molecule has 1 saturated heterocycles. The van der Waals surface area contributed by atoms with Crippen molar-refractivity contribution in [2.24, 2.45) is 5.92 Å². The summed E-state index contributed by atoms with van der Waals surface area (Å²) in [5.74, 6) is -0.418. The van der Waals surface area contributed by atoms with E-state index in [1.807, 2.05) is 0 Å². The number of nitrogens with zero attached hydrogens (tertiary/aromatic N) is 1. The molecule has 0 unspecified atom stereocenters. The molecule has 0 bridgehead atoms. The minimum absolute atomic E-state index is 0.0144. The number of hydrogen-bond acceptors (Lipinski definition) is 5. The molecule has 0 radical (unpaired) electrons. The Balaban J connectivity index is 1.91. The van der Waals surface area contributed by atoms with Gasteiger partial charge in [-0.1, -0.05) is 13.0 Å². The van der Waals surface area contributed by atoms with E-state index >= 15 is 0 Å². The Morgan fingerprint density at radius 3 is 2.64 bits per heavy atom. The lowest BCUT2D eigenvalue weighted by Gasteiger charge is -2.30. The van der Waals surface area contributed by atoms with Crippen molar-refractivity contribution < 1.29 is 24.2 Å². The van der Waals surface area contributed by atoms with Gasteiger partial charge in [-0.15, -0.1) is 0 Å². The number of hydrogen-bond donors (Lipinski definition) is 1. The van der Waals surface area contributed by atoms with Gasteiger partial charge >= 0.3 is 5.97 Å². The number of piperidine rings is 1. The topological polar surface area (TPSA) is 76.1 Å². The normalized spacial score (nSPS) is 15.5. The Morgan fingerprint density at radius 1 is 1.32 bits per heavy atom. The van der Waals surface area contributed by atoms with Gasteiger partial charge in [-0.3, -0.25) is 4.79 Å². The predicted molar refractivity (Wildman–Crippen MR) is 79.9 cm³/mol. The number of para-hydroxylation sites is 1. The predicted octanol–water partition coefficient (Wildman–Crippen LogP) is 1.82. The van der Waals surface area contributed by atoms with Crippen LogP contribution in [0.15, 0.2) is 18.2 Å². The second-order valence-electron chi connectivity index (χ2n) is 5.50. The molecule has 0 aromatic heterocycles. The smallest absolute Gasteiger partial charge is 0.342 e. The Labute approximate surface area is 129 Å². The van der Waals surface area contributed by atoms with Gasteiger partial charge in [-0.2, -0.15) is 0 Å². The number of benzene rings is 1. The van der Waals surface area contributed by atoms with E-state index in [9.17, 15) is 14.7 Å². The largest absolute Gasteiger partial charge is 0.504 e. The Hall–Kier alpha value is -2.24. The first kappa shape index (κ1) is 16.1. The lowest BCUT2D eigenvalue weighted by Crippen LogP contribution is -2.40. The number of amides is 1.